The molecule has 22 heavy (non-hydrogen) atoms. The summed E-state index contributed by atoms with van der Waals surface area (Å²) >= 11 is 3.24. The molecule has 0 bridgehead atoms. The van der Waals surface area contributed by atoms with E-state index in [1.54, 1.807) is 0 Å². The molecule has 0 unspecified atom stereocenters. The summed E-state index contributed by atoms with van der Waals surface area (Å²) in [5, 5.41) is 20.0. The lowest BCUT2D eigenvalue weighted by Crippen LogP contribution is -2.65. The van der Waals surface area contributed by atoms with Gasteiger partial charge >= 0.3 is 17.9 Å². The Morgan fingerprint density at radius 2 is 1.50 bits per heavy atom. The van der Waals surface area contributed by atoms with Crippen LogP contribution in [-0.4, -0.2) is 63.5 Å². The SMILES string of the molecule is CC(=O)O[C@@H]1[C@@H](OC(C)=O)[C@H](OC(C)=O)[C@@](O)(CO)C[C@H]1Br. The van der Waals surface area contributed by atoms with Gasteiger partial charge < -0.3 is 24.4 Å². The smallest absolute Gasteiger partial charge is 0.303 e. The molecule has 0 amide bonds. The third-order valence-electron chi connectivity index (χ3n) is 3.23. The molecule has 8 nitrogen and oxygen atoms in total. The van der Waals surface area contributed by atoms with Crippen LogP contribution >= 0.6 is 15.9 Å². The molecular weight excluding hydrogens is 364 g/mol. The molecule has 1 aliphatic carbocycles. The Hall–Kier alpha value is -1.19. The van der Waals surface area contributed by atoms with Crippen molar-refractivity contribution in [3.8, 4) is 0 Å². The van der Waals surface area contributed by atoms with E-state index < -0.39 is 53.3 Å². The Bertz CT molecular complexity index is 453. The maximum atomic E-state index is 11.3. The number of carbonyl (C=O) groups is 3. The minimum atomic E-state index is -1.84. The molecule has 1 fully saturated rings. The van der Waals surface area contributed by atoms with Crippen LogP contribution < -0.4 is 0 Å². The van der Waals surface area contributed by atoms with E-state index in [1.807, 2.05) is 0 Å². The van der Waals surface area contributed by atoms with E-state index in [0.29, 0.717) is 0 Å². The van der Waals surface area contributed by atoms with Gasteiger partial charge in [-0.25, -0.2) is 0 Å². The molecule has 1 rings (SSSR count). The molecule has 0 aromatic carbocycles. The van der Waals surface area contributed by atoms with E-state index in [4.69, 9.17) is 14.2 Å². The molecule has 0 spiro atoms. The van der Waals surface area contributed by atoms with Crippen LogP contribution in [0, 0.1) is 0 Å². The molecule has 2 N–H and O–H groups in total. The van der Waals surface area contributed by atoms with Crippen molar-refractivity contribution in [1.29, 1.82) is 0 Å². The third-order valence-corrected chi connectivity index (χ3v) is 4.07. The van der Waals surface area contributed by atoms with Gasteiger partial charge in [-0.1, -0.05) is 15.9 Å². The zero-order chi connectivity index (χ0) is 17.1. The summed E-state index contributed by atoms with van der Waals surface area (Å²) in [6.45, 7) is 2.70. The summed E-state index contributed by atoms with van der Waals surface area (Å²) in [4.78, 5) is 33.2. The number of esters is 3. The number of rotatable bonds is 4. The lowest BCUT2D eigenvalue weighted by atomic mass is 9.78. The van der Waals surface area contributed by atoms with Crippen LogP contribution in [-0.2, 0) is 28.6 Å². The van der Waals surface area contributed by atoms with Crippen LogP contribution in [0.3, 0.4) is 0 Å². The Morgan fingerprint density at radius 3 is 1.91 bits per heavy atom. The normalized spacial score (nSPS) is 34.6. The second kappa shape index (κ2) is 7.38. The van der Waals surface area contributed by atoms with E-state index in [0.717, 1.165) is 13.8 Å². The van der Waals surface area contributed by atoms with Gasteiger partial charge in [0.05, 0.1) is 11.4 Å². The average molecular weight is 383 g/mol. The lowest BCUT2D eigenvalue weighted by molar-refractivity contribution is -0.228. The van der Waals surface area contributed by atoms with Crippen molar-refractivity contribution in [1.82, 2.24) is 0 Å². The van der Waals surface area contributed by atoms with Crippen LogP contribution in [0.25, 0.3) is 0 Å². The first-order valence-corrected chi connectivity index (χ1v) is 7.51. The number of hydrogen-bond acceptors (Lipinski definition) is 8. The van der Waals surface area contributed by atoms with E-state index in [9.17, 15) is 24.6 Å². The Balaban J connectivity index is 3.22. The molecule has 0 radical (unpaired) electrons. The van der Waals surface area contributed by atoms with E-state index in [2.05, 4.69) is 15.9 Å². The fourth-order valence-electron chi connectivity index (χ4n) is 2.42. The van der Waals surface area contributed by atoms with Crippen molar-refractivity contribution in [2.75, 3.05) is 6.61 Å². The van der Waals surface area contributed by atoms with Gasteiger partial charge in [0.2, 0.25) is 0 Å². The standard InChI is InChI=1S/C13H19BrO8/c1-6(16)20-10-9(14)4-13(19,5-15)12(22-8(3)18)11(10)21-7(2)17/h9-12,15,19H,4-5H2,1-3H3/t9-,10+,11-,12+,13+/m1/s1. The summed E-state index contributed by atoms with van der Waals surface area (Å²) < 4.78 is 15.2. The highest BCUT2D eigenvalue weighted by molar-refractivity contribution is 9.09. The molecule has 0 aromatic heterocycles. The van der Waals surface area contributed by atoms with Crippen molar-refractivity contribution >= 4 is 33.8 Å². The second-order valence-electron chi connectivity index (χ2n) is 5.16. The number of carbonyl (C=O) groups excluding carboxylic acids is 3. The number of ether oxygens (including phenoxy) is 3. The molecule has 1 saturated carbocycles. The van der Waals surface area contributed by atoms with Gasteiger partial charge in [0.15, 0.2) is 18.3 Å². The quantitative estimate of drug-likeness (QED) is 0.385. The maximum absolute atomic E-state index is 11.3. The highest BCUT2D eigenvalue weighted by atomic mass is 79.9. The zero-order valence-corrected chi connectivity index (χ0v) is 14.0. The highest BCUT2D eigenvalue weighted by Gasteiger charge is 2.57. The van der Waals surface area contributed by atoms with Crippen molar-refractivity contribution in [3.63, 3.8) is 0 Å². The highest BCUT2D eigenvalue weighted by Crippen LogP contribution is 2.38. The van der Waals surface area contributed by atoms with Gasteiger partial charge in [-0.3, -0.25) is 14.4 Å². The molecule has 1 aliphatic rings. The first kappa shape index (κ1) is 18.9. The van der Waals surface area contributed by atoms with E-state index >= 15 is 0 Å². The molecule has 0 heterocycles. The van der Waals surface area contributed by atoms with Gasteiger partial charge in [-0.15, -0.1) is 0 Å². The number of aliphatic hydroxyl groups excluding tert-OH is 1. The van der Waals surface area contributed by atoms with Gasteiger partial charge in [-0.2, -0.15) is 0 Å². The Morgan fingerprint density at radius 1 is 1.05 bits per heavy atom. The average Bonchev–Trinajstić information content (AvgIpc) is 2.37. The molecule has 0 aliphatic heterocycles. The molecule has 0 saturated heterocycles. The Kier molecular flexibility index (Phi) is 6.33. The summed E-state index contributed by atoms with van der Waals surface area (Å²) in [6.07, 6.45) is -3.66. The Labute approximate surface area is 135 Å². The minimum Gasteiger partial charge on any atom is -0.457 e. The predicted molar refractivity (Wildman–Crippen MR) is 76.0 cm³/mol. The largest absolute Gasteiger partial charge is 0.457 e. The van der Waals surface area contributed by atoms with Crippen molar-refractivity contribution in [3.05, 3.63) is 0 Å². The zero-order valence-electron chi connectivity index (χ0n) is 12.4. The number of alkyl halides is 1. The van der Waals surface area contributed by atoms with Gasteiger partial charge in [0.1, 0.15) is 5.60 Å². The van der Waals surface area contributed by atoms with Gasteiger partial charge in [-0.05, 0) is 6.42 Å². The van der Waals surface area contributed by atoms with Crippen LogP contribution in [0.2, 0.25) is 0 Å². The molecular formula is C13H19BrO8. The predicted octanol–water partition coefficient (Wildman–Crippen LogP) is -0.328. The second-order valence-corrected chi connectivity index (χ2v) is 6.34. The lowest BCUT2D eigenvalue weighted by Gasteiger charge is -2.47. The first-order valence-electron chi connectivity index (χ1n) is 6.59. The molecule has 0 aromatic rings. The van der Waals surface area contributed by atoms with Crippen LogP contribution in [0.15, 0.2) is 0 Å². The van der Waals surface area contributed by atoms with E-state index in [1.165, 1.54) is 6.92 Å². The van der Waals surface area contributed by atoms with E-state index in [-0.39, 0.29) is 6.42 Å². The summed E-state index contributed by atoms with van der Waals surface area (Å²) in [5.41, 5.74) is -1.84. The first-order chi connectivity index (χ1) is 10.1. The number of hydrogen-bond donors (Lipinski definition) is 2. The summed E-state index contributed by atoms with van der Waals surface area (Å²) in [6, 6.07) is 0. The molecule has 5 atom stereocenters. The van der Waals surface area contributed by atoms with Crippen molar-refractivity contribution < 1.29 is 38.8 Å². The minimum absolute atomic E-state index is 0.0723. The number of halogens is 1. The molecule has 9 heteroatoms. The van der Waals surface area contributed by atoms with Crippen LogP contribution in [0.5, 0.6) is 0 Å². The fourth-order valence-corrected chi connectivity index (χ4v) is 3.39. The van der Waals surface area contributed by atoms with Crippen LogP contribution in [0.4, 0.5) is 0 Å². The van der Waals surface area contributed by atoms with Gasteiger partial charge in [0.25, 0.3) is 0 Å². The molecule has 126 valence electrons. The summed E-state index contributed by atoms with van der Waals surface area (Å²) in [5.74, 6) is -2.06. The maximum Gasteiger partial charge on any atom is 0.303 e. The topological polar surface area (TPSA) is 119 Å². The van der Waals surface area contributed by atoms with Crippen molar-refractivity contribution in [2.45, 2.75) is 55.9 Å². The summed E-state index contributed by atoms with van der Waals surface area (Å²) in [7, 11) is 0. The monoisotopic (exact) mass is 382 g/mol. The van der Waals surface area contributed by atoms with Crippen molar-refractivity contribution in [2.24, 2.45) is 0 Å². The fraction of sp³-hybridized carbons (Fsp3) is 0.769. The third kappa shape index (κ3) is 4.40. The van der Waals surface area contributed by atoms with Gasteiger partial charge in [0, 0.05) is 20.8 Å². The number of aliphatic hydroxyl groups is 2. The van der Waals surface area contributed by atoms with Crippen LogP contribution in [0.1, 0.15) is 27.2 Å².